The molecule has 0 unspecified atom stereocenters. The standard InChI is InChI=1S/C11H13F2NO4S/c1-7(2)14(6-10(15)16)19(17,18)9-5-3-4-8(12)11(9)13/h3-5,7H,6H2,1-2H3,(H,15,16). The lowest BCUT2D eigenvalue weighted by Gasteiger charge is -2.24. The predicted molar refractivity (Wildman–Crippen MR) is 63.0 cm³/mol. The first-order chi connectivity index (χ1) is 8.67. The van der Waals surface area contributed by atoms with Crippen LogP contribution in [0.25, 0.3) is 0 Å². The average molecular weight is 293 g/mol. The number of hydrogen-bond acceptors (Lipinski definition) is 3. The Morgan fingerprint density at radius 2 is 1.95 bits per heavy atom. The Balaban J connectivity index is 3.35. The average Bonchev–Trinajstić information content (AvgIpc) is 2.28. The Morgan fingerprint density at radius 3 is 2.42 bits per heavy atom. The third kappa shape index (κ3) is 3.27. The van der Waals surface area contributed by atoms with E-state index in [0.717, 1.165) is 18.2 Å². The SMILES string of the molecule is CC(C)N(CC(=O)O)S(=O)(=O)c1cccc(F)c1F. The van der Waals surface area contributed by atoms with Crippen LogP contribution < -0.4 is 0 Å². The Hall–Kier alpha value is -1.54. The summed E-state index contributed by atoms with van der Waals surface area (Å²) in [6, 6.07) is 2.02. The third-order valence-corrected chi connectivity index (χ3v) is 4.41. The second-order valence-corrected chi connectivity index (χ2v) is 5.95. The van der Waals surface area contributed by atoms with Crippen molar-refractivity contribution >= 4 is 16.0 Å². The first kappa shape index (κ1) is 15.5. The number of carbonyl (C=O) groups is 1. The highest BCUT2D eigenvalue weighted by molar-refractivity contribution is 7.89. The topological polar surface area (TPSA) is 74.7 Å². The maximum atomic E-state index is 13.5. The summed E-state index contributed by atoms with van der Waals surface area (Å²) in [5.41, 5.74) is 0. The van der Waals surface area contributed by atoms with Crippen LogP contribution >= 0.6 is 0 Å². The minimum atomic E-state index is -4.41. The summed E-state index contributed by atoms with van der Waals surface area (Å²) in [5.74, 6) is -4.20. The van der Waals surface area contributed by atoms with Crippen molar-refractivity contribution in [3.05, 3.63) is 29.8 Å². The zero-order valence-electron chi connectivity index (χ0n) is 10.3. The molecule has 5 nitrogen and oxygen atoms in total. The number of carboxylic acid groups (broad SMARTS) is 1. The fourth-order valence-corrected chi connectivity index (χ4v) is 3.15. The van der Waals surface area contributed by atoms with E-state index in [1.54, 1.807) is 0 Å². The van der Waals surface area contributed by atoms with Crippen LogP contribution in [0.4, 0.5) is 8.78 Å². The van der Waals surface area contributed by atoms with Gasteiger partial charge in [-0.2, -0.15) is 4.31 Å². The van der Waals surface area contributed by atoms with E-state index in [-0.39, 0.29) is 0 Å². The normalized spacial score (nSPS) is 12.1. The first-order valence-corrected chi connectivity index (χ1v) is 6.79. The molecule has 0 atom stereocenters. The monoisotopic (exact) mass is 293 g/mol. The molecule has 1 aromatic rings. The van der Waals surface area contributed by atoms with Gasteiger partial charge in [-0.05, 0) is 26.0 Å². The molecule has 0 saturated heterocycles. The van der Waals surface area contributed by atoms with Crippen LogP contribution in [0.15, 0.2) is 23.1 Å². The van der Waals surface area contributed by atoms with Gasteiger partial charge in [0.05, 0.1) is 0 Å². The van der Waals surface area contributed by atoms with Gasteiger partial charge < -0.3 is 5.11 Å². The van der Waals surface area contributed by atoms with E-state index in [9.17, 15) is 22.0 Å². The van der Waals surface area contributed by atoms with Gasteiger partial charge in [0.15, 0.2) is 11.6 Å². The molecule has 0 heterocycles. The van der Waals surface area contributed by atoms with Crippen LogP contribution in [-0.4, -0.2) is 36.4 Å². The maximum Gasteiger partial charge on any atom is 0.318 e. The van der Waals surface area contributed by atoms with Crippen LogP contribution in [0.3, 0.4) is 0 Å². The minimum absolute atomic E-state index is 0.590. The maximum absolute atomic E-state index is 13.5. The molecule has 0 bridgehead atoms. The van der Waals surface area contributed by atoms with Crippen LogP contribution in [0.5, 0.6) is 0 Å². The van der Waals surface area contributed by atoms with E-state index in [1.165, 1.54) is 13.8 Å². The zero-order valence-corrected chi connectivity index (χ0v) is 11.1. The highest BCUT2D eigenvalue weighted by atomic mass is 32.2. The van der Waals surface area contributed by atoms with E-state index < -0.39 is 45.1 Å². The van der Waals surface area contributed by atoms with Gasteiger partial charge in [0.1, 0.15) is 11.4 Å². The molecule has 1 N–H and O–H groups in total. The molecule has 0 aliphatic heterocycles. The van der Waals surface area contributed by atoms with Crippen molar-refractivity contribution in [3.8, 4) is 0 Å². The number of hydrogen-bond donors (Lipinski definition) is 1. The number of benzene rings is 1. The van der Waals surface area contributed by atoms with E-state index in [1.807, 2.05) is 0 Å². The Bertz CT molecular complexity index is 586. The predicted octanol–water partition coefficient (Wildman–Crippen LogP) is 1.45. The second-order valence-electron chi connectivity index (χ2n) is 4.09. The number of sulfonamides is 1. The lowest BCUT2D eigenvalue weighted by atomic mass is 10.3. The Kier molecular flexibility index (Phi) is 4.59. The van der Waals surface area contributed by atoms with Crippen molar-refractivity contribution in [1.29, 1.82) is 0 Å². The lowest BCUT2D eigenvalue weighted by molar-refractivity contribution is -0.137. The molecule has 0 aliphatic carbocycles. The molecule has 106 valence electrons. The molecule has 1 rings (SSSR count). The molecule has 0 amide bonds. The molecule has 0 aromatic heterocycles. The third-order valence-electron chi connectivity index (χ3n) is 2.37. The van der Waals surface area contributed by atoms with Crippen LogP contribution in [0.2, 0.25) is 0 Å². The van der Waals surface area contributed by atoms with E-state index >= 15 is 0 Å². The highest BCUT2D eigenvalue weighted by Gasteiger charge is 2.32. The second kappa shape index (κ2) is 5.62. The smallest absolute Gasteiger partial charge is 0.318 e. The van der Waals surface area contributed by atoms with Crippen LogP contribution in [0.1, 0.15) is 13.8 Å². The summed E-state index contributed by atoms with van der Waals surface area (Å²) in [6.45, 7) is 2.06. The van der Waals surface area contributed by atoms with E-state index in [4.69, 9.17) is 5.11 Å². The molecule has 0 fully saturated rings. The lowest BCUT2D eigenvalue weighted by Crippen LogP contribution is -2.41. The quantitative estimate of drug-likeness (QED) is 0.891. The van der Waals surface area contributed by atoms with Crippen molar-refractivity contribution in [3.63, 3.8) is 0 Å². The molecule has 0 radical (unpaired) electrons. The van der Waals surface area contributed by atoms with Crippen molar-refractivity contribution in [1.82, 2.24) is 4.31 Å². The largest absolute Gasteiger partial charge is 0.480 e. The number of halogens is 2. The number of rotatable bonds is 5. The summed E-state index contributed by atoms with van der Waals surface area (Å²) in [6.07, 6.45) is 0. The highest BCUT2D eigenvalue weighted by Crippen LogP contribution is 2.22. The van der Waals surface area contributed by atoms with Gasteiger partial charge in [-0.1, -0.05) is 6.07 Å². The summed E-state index contributed by atoms with van der Waals surface area (Å²) in [4.78, 5) is 9.80. The molecule has 8 heteroatoms. The van der Waals surface area contributed by atoms with Crippen LogP contribution in [-0.2, 0) is 14.8 Å². The molecule has 0 aliphatic rings. The summed E-state index contributed by atoms with van der Waals surface area (Å²) in [7, 11) is -4.41. The number of nitrogens with zero attached hydrogens (tertiary/aromatic N) is 1. The van der Waals surface area contributed by atoms with E-state index in [0.29, 0.717) is 4.31 Å². The Labute approximate surface area is 109 Å². The summed E-state index contributed by atoms with van der Waals surface area (Å²) < 4.78 is 51.5. The van der Waals surface area contributed by atoms with Gasteiger partial charge >= 0.3 is 5.97 Å². The van der Waals surface area contributed by atoms with Gasteiger partial charge in [0.2, 0.25) is 10.0 Å². The number of aliphatic carboxylic acids is 1. The van der Waals surface area contributed by atoms with Gasteiger partial charge in [-0.25, -0.2) is 17.2 Å². The summed E-state index contributed by atoms with van der Waals surface area (Å²) >= 11 is 0. The molecule has 0 saturated carbocycles. The number of carboxylic acids is 1. The molecule has 1 aromatic carbocycles. The van der Waals surface area contributed by atoms with E-state index in [2.05, 4.69) is 0 Å². The van der Waals surface area contributed by atoms with Crippen molar-refractivity contribution in [2.75, 3.05) is 6.54 Å². The molecule has 19 heavy (non-hydrogen) atoms. The van der Waals surface area contributed by atoms with Gasteiger partial charge in [0.25, 0.3) is 0 Å². The molecular weight excluding hydrogens is 280 g/mol. The zero-order chi connectivity index (χ0) is 14.8. The fourth-order valence-electron chi connectivity index (χ4n) is 1.49. The van der Waals surface area contributed by atoms with Gasteiger partial charge in [-0.15, -0.1) is 0 Å². The molecule has 0 spiro atoms. The minimum Gasteiger partial charge on any atom is -0.480 e. The van der Waals surface area contributed by atoms with Crippen molar-refractivity contribution < 1.29 is 27.1 Å². The van der Waals surface area contributed by atoms with Crippen molar-refractivity contribution in [2.24, 2.45) is 0 Å². The Morgan fingerprint density at radius 1 is 1.37 bits per heavy atom. The van der Waals surface area contributed by atoms with Crippen LogP contribution in [0, 0.1) is 11.6 Å². The fraction of sp³-hybridized carbons (Fsp3) is 0.364. The molecular formula is C11H13F2NO4S. The van der Waals surface area contributed by atoms with Gasteiger partial charge in [0, 0.05) is 6.04 Å². The van der Waals surface area contributed by atoms with Crippen molar-refractivity contribution in [2.45, 2.75) is 24.8 Å². The first-order valence-electron chi connectivity index (χ1n) is 5.35. The van der Waals surface area contributed by atoms with Gasteiger partial charge in [-0.3, -0.25) is 4.79 Å². The summed E-state index contributed by atoms with van der Waals surface area (Å²) in [5, 5.41) is 8.69.